The molecule has 1 N–H and O–H groups in total. The zero-order chi connectivity index (χ0) is 13.1. The van der Waals surface area contributed by atoms with Crippen molar-refractivity contribution in [3.05, 3.63) is 27.0 Å². The van der Waals surface area contributed by atoms with Gasteiger partial charge in [-0.2, -0.15) is 0 Å². The Morgan fingerprint density at radius 3 is 2.33 bits per heavy atom. The van der Waals surface area contributed by atoms with Crippen molar-refractivity contribution >= 4 is 27.3 Å². The van der Waals surface area contributed by atoms with Gasteiger partial charge in [0.2, 0.25) is 0 Å². The molecule has 0 radical (unpaired) electrons. The SMILES string of the molecule is COc1cc(OC)cc(-c2nc(Br)sc2CO)c1. The predicted molar refractivity (Wildman–Crippen MR) is 74.3 cm³/mol. The van der Waals surface area contributed by atoms with E-state index in [1.165, 1.54) is 11.3 Å². The Hall–Kier alpha value is -1.11. The van der Waals surface area contributed by atoms with Crippen LogP contribution in [-0.4, -0.2) is 24.3 Å². The van der Waals surface area contributed by atoms with E-state index in [1.54, 1.807) is 20.3 Å². The number of nitrogens with zero attached hydrogens (tertiary/aromatic N) is 1. The van der Waals surface area contributed by atoms with E-state index >= 15 is 0 Å². The van der Waals surface area contributed by atoms with Crippen molar-refractivity contribution in [3.63, 3.8) is 0 Å². The number of methoxy groups -OCH3 is 2. The number of thiazole rings is 1. The summed E-state index contributed by atoms with van der Waals surface area (Å²) in [6.07, 6.45) is 0. The van der Waals surface area contributed by atoms with Gasteiger partial charge >= 0.3 is 0 Å². The molecule has 0 saturated heterocycles. The predicted octanol–water partition coefficient (Wildman–Crippen LogP) is 3.08. The first kappa shape index (κ1) is 13.3. The van der Waals surface area contributed by atoms with Crippen LogP contribution in [-0.2, 0) is 6.61 Å². The summed E-state index contributed by atoms with van der Waals surface area (Å²) < 4.78 is 11.2. The number of rotatable bonds is 4. The fourth-order valence-electron chi connectivity index (χ4n) is 1.60. The fraction of sp³-hybridized carbons (Fsp3) is 0.250. The van der Waals surface area contributed by atoms with Crippen LogP contribution in [0.1, 0.15) is 4.88 Å². The van der Waals surface area contributed by atoms with Crippen LogP contribution in [0.25, 0.3) is 11.3 Å². The molecule has 0 bridgehead atoms. The van der Waals surface area contributed by atoms with Crippen molar-refractivity contribution in [1.82, 2.24) is 4.98 Å². The first-order valence-electron chi connectivity index (χ1n) is 5.17. The zero-order valence-electron chi connectivity index (χ0n) is 9.94. The molecule has 2 aromatic rings. The summed E-state index contributed by atoms with van der Waals surface area (Å²) in [7, 11) is 3.20. The Balaban J connectivity index is 2.54. The van der Waals surface area contributed by atoms with E-state index < -0.39 is 0 Å². The number of hydrogen-bond donors (Lipinski definition) is 1. The molecule has 2 rings (SSSR count). The molecular weight excluding hydrogens is 318 g/mol. The van der Waals surface area contributed by atoms with E-state index in [0.717, 1.165) is 20.1 Å². The number of benzene rings is 1. The lowest BCUT2D eigenvalue weighted by molar-refractivity contribution is 0.286. The minimum atomic E-state index is -0.0435. The van der Waals surface area contributed by atoms with E-state index in [4.69, 9.17) is 9.47 Å². The van der Waals surface area contributed by atoms with Crippen LogP contribution in [0.4, 0.5) is 0 Å². The average Bonchev–Trinajstić information content (AvgIpc) is 2.79. The Kier molecular flexibility index (Phi) is 4.21. The van der Waals surface area contributed by atoms with Crippen molar-refractivity contribution < 1.29 is 14.6 Å². The first-order chi connectivity index (χ1) is 8.67. The highest BCUT2D eigenvalue weighted by molar-refractivity contribution is 9.11. The van der Waals surface area contributed by atoms with Crippen molar-refractivity contribution in [3.8, 4) is 22.8 Å². The topological polar surface area (TPSA) is 51.6 Å². The van der Waals surface area contributed by atoms with Crippen molar-refractivity contribution in [2.45, 2.75) is 6.61 Å². The minimum Gasteiger partial charge on any atom is -0.497 e. The second-order valence-corrected chi connectivity index (χ2v) is 5.86. The molecule has 0 aliphatic carbocycles. The zero-order valence-corrected chi connectivity index (χ0v) is 12.3. The highest BCUT2D eigenvalue weighted by atomic mass is 79.9. The molecule has 0 fully saturated rings. The molecule has 1 aromatic carbocycles. The second kappa shape index (κ2) is 5.69. The Morgan fingerprint density at radius 1 is 1.22 bits per heavy atom. The van der Waals surface area contributed by atoms with Crippen LogP contribution in [0.2, 0.25) is 0 Å². The van der Waals surface area contributed by atoms with Crippen LogP contribution >= 0.6 is 27.3 Å². The van der Waals surface area contributed by atoms with Gasteiger partial charge < -0.3 is 14.6 Å². The second-order valence-electron chi connectivity index (χ2n) is 3.50. The first-order valence-corrected chi connectivity index (χ1v) is 6.78. The third-order valence-electron chi connectivity index (χ3n) is 2.44. The standard InChI is InChI=1S/C12H12BrNO3S/c1-16-8-3-7(4-9(5-8)17-2)11-10(6-15)18-12(13)14-11/h3-5,15H,6H2,1-2H3. The highest BCUT2D eigenvalue weighted by Gasteiger charge is 2.13. The van der Waals surface area contributed by atoms with Crippen LogP contribution in [0, 0.1) is 0 Å². The lowest BCUT2D eigenvalue weighted by Gasteiger charge is -2.07. The third-order valence-corrected chi connectivity index (χ3v) is 3.93. The maximum absolute atomic E-state index is 9.33. The van der Waals surface area contributed by atoms with Gasteiger partial charge in [-0.3, -0.25) is 0 Å². The van der Waals surface area contributed by atoms with E-state index in [2.05, 4.69) is 20.9 Å². The van der Waals surface area contributed by atoms with Crippen molar-refractivity contribution in [2.24, 2.45) is 0 Å². The quantitative estimate of drug-likeness (QED) is 0.936. The molecule has 18 heavy (non-hydrogen) atoms. The molecule has 96 valence electrons. The van der Waals surface area contributed by atoms with Gasteiger partial charge in [0.05, 0.1) is 31.4 Å². The lowest BCUT2D eigenvalue weighted by atomic mass is 10.1. The Morgan fingerprint density at radius 2 is 1.83 bits per heavy atom. The van der Waals surface area contributed by atoms with E-state index in [0.29, 0.717) is 11.5 Å². The summed E-state index contributed by atoms with van der Waals surface area (Å²) in [5.74, 6) is 1.38. The van der Waals surface area contributed by atoms with Crippen molar-refractivity contribution in [1.29, 1.82) is 0 Å². The van der Waals surface area contributed by atoms with Gasteiger partial charge in [0.1, 0.15) is 11.5 Å². The van der Waals surface area contributed by atoms with Crippen LogP contribution in [0.3, 0.4) is 0 Å². The summed E-state index contributed by atoms with van der Waals surface area (Å²) in [6, 6.07) is 5.52. The van der Waals surface area contributed by atoms with E-state index in [9.17, 15) is 5.11 Å². The van der Waals surface area contributed by atoms with Crippen LogP contribution in [0.15, 0.2) is 22.1 Å². The number of hydrogen-bond acceptors (Lipinski definition) is 5. The molecular formula is C12H12BrNO3S. The summed E-state index contributed by atoms with van der Waals surface area (Å²) in [5, 5.41) is 9.33. The Bertz CT molecular complexity index is 534. The van der Waals surface area contributed by atoms with Crippen molar-refractivity contribution in [2.75, 3.05) is 14.2 Å². The van der Waals surface area contributed by atoms with Gasteiger partial charge in [-0.1, -0.05) is 0 Å². The molecule has 4 nitrogen and oxygen atoms in total. The number of halogens is 1. The molecule has 0 amide bonds. The molecule has 0 unspecified atom stereocenters. The molecule has 6 heteroatoms. The summed E-state index contributed by atoms with van der Waals surface area (Å²) >= 11 is 4.74. The monoisotopic (exact) mass is 329 g/mol. The number of aromatic nitrogens is 1. The molecule has 0 spiro atoms. The lowest BCUT2D eigenvalue weighted by Crippen LogP contribution is -1.91. The van der Waals surface area contributed by atoms with Gasteiger partial charge in [0, 0.05) is 11.6 Å². The molecule has 1 aromatic heterocycles. The average molecular weight is 330 g/mol. The van der Waals surface area contributed by atoms with E-state index in [1.807, 2.05) is 12.1 Å². The smallest absolute Gasteiger partial charge is 0.160 e. The number of aliphatic hydroxyl groups is 1. The van der Waals surface area contributed by atoms with Gasteiger partial charge in [-0.25, -0.2) is 4.98 Å². The minimum absolute atomic E-state index is 0.0435. The van der Waals surface area contributed by atoms with Crippen LogP contribution < -0.4 is 9.47 Å². The fourth-order valence-corrected chi connectivity index (χ4v) is 3.03. The summed E-state index contributed by atoms with van der Waals surface area (Å²) in [4.78, 5) is 5.17. The van der Waals surface area contributed by atoms with Gasteiger partial charge in [0.25, 0.3) is 0 Å². The van der Waals surface area contributed by atoms with Gasteiger partial charge in [0.15, 0.2) is 3.92 Å². The maximum Gasteiger partial charge on any atom is 0.160 e. The molecule has 1 heterocycles. The molecule has 0 saturated carbocycles. The summed E-state index contributed by atoms with van der Waals surface area (Å²) in [5.41, 5.74) is 1.60. The largest absolute Gasteiger partial charge is 0.497 e. The number of ether oxygens (including phenoxy) is 2. The maximum atomic E-state index is 9.33. The normalized spacial score (nSPS) is 10.4. The summed E-state index contributed by atoms with van der Waals surface area (Å²) in [6.45, 7) is -0.0435. The Labute approximate surface area is 117 Å². The third kappa shape index (κ3) is 2.66. The number of aliphatic hydroxyl groups excluding tert-OH is 1. The molecule has 0 aliphatic rings. The van der Waals surface area contributed by atoms with Gasteiger partial charge in [-0.15, -0.1) is 11.3 Å². The van der Waals surface area contributed by atoms with Crippen LogP contribution in [0.5, 0.6) is 11.5 Å². The molecule has 0 aliphatic heterocycles. The highest BCUT2D eigenvalue weighted by Crippen LogP contribution is 2.35. The van der Waals surface area contributed by atoms with E-state index in [-0.39, 0.29) is 6.61 Å². The molecule has 0 atom stereocenters. The van der Waals surface area contributed by atoms with Gasteiger partial charge in [-0.05, 0) is 28.1 Å².